The summed E-state index contributed by atoms with van der Waals surface area (Å²) in [5.74, 6) is -0.635. The van der Waals surface area contributed by atoms with Crippen LogP contribution in [0.25, 0.3) is 0 Å². The predicted octanol–water partition coefficient (Wildman–Crippen LogP) is 0.198. The minimum absolute atomic E-state index is 0.218. The second kappa shape index (κ2) is 1.70. The number of hydrogen-bond acceptors (Lipinski definition) is 2. The van der Waals surface area contributed by atoms with Gasteiger partial charge in [-0.25, -0.2) is 0 Å². The molecule has 1 saturated carbocycles. The molecule has 0 saturated heterocycles. The van der Waals surface area contributed by atoms with Gasteiger partial charge < -0.3 is 10.8 Å². The van der Waals surface area contributed by atoms with Gasteiger partial charge in [0.1, 0.15) is 5.54 Å². The third kappa shape index (κ3) is 0.812. The fourth-order valence-corrected chi connectivity index (χ4v) is 1.12. The summed E-state index contributed by atoms with van der Waals surface area (Å²) < 4.78 is 0. The monoisotopic (exact) mass is 129 g/mol. The molecule has 0 radical (unpaired) electrons. The molecule has 0 heterocycles. The standard InChI is InChI=1S/C6H11NO2/c1-2-4-3-6(4,7)5(8)9/h4H,2-3,7H2,1H3,(H,8,9)/t4-,6-/m0/s1. The van der Waals surface area contributed by atoms with Gasteiger partial charge in [-0.05, 0) is 12.3 Å². The molecule has 0 unspecified atom stereocenters. The number of aliphatic carboxylic acids is 1. The van der Waals surface area contributed by atoms with Crippen LogP contribution in [0.15, 0.2) is 0 Å². The quantitative estimate of drug-likeness (QED) is 0.559. The normalized spacial score (nSPS) is 40.4. The van der Waals surface area contributed by atoms with Crippen molar-refractivity contribution >= 4 is 5.97 Å². The lowest BCUT2D eigenvalue weighted by molar-refractivity contribution is -0.140. The molecule has 1 aliphatic carbocycles. The second-order valence-corrected chi connectivity index (χ2v) is 2.65. The van der Waals surface area contributed by atoms with E-state index in [9.17, 15) is 4.79 Å². The van der Waals surface area contributed by atoms with Crippen molar-refractivity contribution in [2.45, 2.75) is 25.3 Å². The van der Waals surface area contributed by atoms with Gasteiger partial charge in [-0.15, -0.1) is 0 Å². The lowest BCUT2D eigenvalue weighted by Crippen LogP contribution is -2.34. The Balaban J connectivity index is 2.52. The van der Waals surface area contributed by atoms with E-state index in [1.165, 1.54) is 0 Å². The van der Waals surface area contributed by atoms with Crippen molar-refractivity contribution in [2.75, 3.05) is 0 Å². The first kappa shape index (κ1) is 6.55. The molecule has 3 heteroatoms. The molecule has 0 aromatic rings. The van der Waals surface area contributed by atoms with Crippen LogP contribution in [0.5, 0.6) is 0 Å². The smallest absolute Gasteiger partial charge is 0.323 e. The number of hydrogen-bond donors (Lipinski definition) is 2. The molecule has 1 rings (SSSR count). The summed E-state index contributed by atoms with van der Waals surface area (Å²) >= 11 is 0. The van der Waals surface area contributed by atoms with Gasteiger partial charge in [-0.3, -0.25) is 4.79 Å². The molecule has 3 N–H and O–H groups in total. The summed E-state index contributed by atoms with van der Waals surface area (Å²) in [6.45, 7) is 1.96. The third-order valence-corrected chi connectivity index (χ3v) is 2.04. The van der Waals surface area contributed by atoms with E-state index >= 15 is 0 Å². The molecule has 52 valence electrons. The molecule has 9 heavy (non-hydrogen) atoms. The lowest BCUT2D eigenvalue weighted by Gasteiger charge is -2.01. The van der Waals surface area contributed by atoms with Gasteiger partial charge in [0.15, 0.2) is 0 Å². The second-order valence-electron chi connectivity index (χ2n) is 2.65. The molecule has 0 aromatic carbocycles. The van der Waals surface area contributed by atoms with Crippen molar-refractivity contribution in [3.05, 3.63) is 0 Å². The fraction of sp³-hybridized carbons (Fsp3) is 0.833. The number of carboxylic acids is 1. The van der Waals surface area contributed by atoms with Gasteiger partial charge in [0.05, 0.1) is 0 Å². The van der Waals surface area contributed by atoms with Crippen LogP contribution in [-0.2, 0) is 4.79 Å². The SMILES string of the molecule is CC[C@H]1C[C@@]1(N)C(=O)O. The molecule has 3 nitrogen and oxygen atoms in total. The molecule has 1 fully saturated rings. The average molecular weight is 129 g/mol. The van der Waals surface area contributed by atoms with E-state index in [1.54, 1.807) is 0 Å². The number of carbonyl (C=O) groups is 1. The number of rotatable bonds is 2. The minimum atomic E-state index is -0.866. The molecule has 0 aromatic heterocycles. The van der Waals surface area contributed by atoms with Gasteiger partial charge in [-0.1, -0.05) is 13.3 Å². The summed E-state index contributed by atoms with van der Waals surface area (Å²) in [5, 5.41) is 8.49. The van der Waals surface area contributed by atoms with E-state index in [2.05, 4.69) is 0 Å². The first-order chi connectivity index (χ1) is 4.11. The highest BCUT2D eigenvalue weighted by Crippen LogP contribution is 2.43. The van der Waals surface area contributed by atoms with Crippen molar-refractivity contribution < 1.29 is 9.90 Å². The summed E-state index contributed by atoms with van der Waals surface area (Å²) in [5.41, 5.74) is 4.58. The molecule has 0 amide bonds. The Morgan fingerprint density at radius 2 is 2.56 bits per heavy atom. The summed E-state index contributed by atoms with van der Waals surface area (Å²) in [6.07, 6.45) is 1.53. The van der Waals surface area contributed by atoms with Crippen LogP contribution >= 0.6 is 0 Å². The summed E-state index contributed by atoms with van der Waals surface area (Å²) in [7, 11) is 0. The lowest BCUT2D eigenvalue weighted by atomic mass is 10.2. The molecule has 0 spiro atoms. The van der Waals surface area contributed by atoms with Crippen molar-refractivity contribution in [2.24, 2.45) is 11.7 Å². The molecule has 0 aliphatic heterocycles. The van der Waals surface area contributed by atoms with Crippen LogP contribution in [0, 0.1) is 5.92 Å². The van der Waals surface area contributed by atoms with Crippen LogP contribution in [-0.4, -0.2) is 16.6 Å². The number of nitrogens with two attached hydrogens (primary N) is 1. The first-order valence-corrected chi connectivity index (χ1v) is 3.13. The minimum Gasteiger partial charge on any atom is -0.480 e. The highest BCUT2D eigenvalue weighted by molar-refractivity contribution is 5.82. The Morgan fingerprint density at radius 3 is 2.67 bits per heavy atom. The Hall–Kier alpha value is -0.570. The van der Waals surface area contributed by atoms with Crippen molar-refractivity contribution in [3.63, 3.8) is 0 Å². The topological polar surface area (TPSA) is 63.3 Å². The van der Waals surface area contributed by atoms with Crippen molar-refractivity contribution in [1.29, 1.82) is 0 Å². The van der Waals surface area contributed by atoms with E-state index in [-0.39, 0.29) is 5.92 Å². The van der Waals surface area contributed by atoms with Crippen LogP contribution in [0.3, 0.4) is 0 Å². The van der Waals surface area contributed by atoms with E-state index in [4.69, 9.17) is 10.8 Å². The van der Waals surface area contributed by atoms with E-state index < -0.39 is 11.5 Å². The zero-order chi connectivity index (χ0) is 7.07. The highest BCUT2D eigenvalue weighted by Gasteiger charge is 2.56. The first-order valence-electron chi connectivity index (χ1n) is 3.13. The van der Waals surface area contributed by atoms with Crippen molar-refractivity contribution in [3.8, 4) is 0 Å². The molecule has 1 aliphatic rings. The largest absolute Gasteiger partial charge is 0.480 e. The zero-order valence-electron chi connectivity index (χ0n) is 5.42. The zero-order valence-corrected chi connectivity index (χ0v) is 5.42. The van der Waals surface area contributed by atoms with Gasteiger partial charge in [0, 0.05) is 0 Å². The molecule has 2 atom stereocenters. The van der Waals surface area contributed by atoms with E-state index in [1.807, 2.05) is 6.92 Å². The maximum absolute atomic E-state index is 10.3. The molecule has 0 bridgehead atoms. The van der Waals surface area contributed by atoms with Gasteiger partial charge in [0.25, 0.3) is 0 Å². The van der Waals surface area contributed by atoms with Gasteiger partial charge >= 0.3 is 5.97 Å². The van der Waals surface area contributed by atoms with E-state index in [0.29, 0.717) is 6.42 Å². The Morgan fingerprint density at radius 1 is 2.00 bits per heavy atom. The molecular formula is C6H11NO2. The predicted molar refractivity (Wildman–Crippen MR) is 33.0 cm³/mol. The highest BCUT2D eigenvalue weighted by atomic mass is 16.4. The van der Waals surface area contributed by atoms with Crippen LogP contribution in [0.1, 0.15) is 19.8 Å². The summed E-state index contributed by atoms with van der Waals surface area (Å²) in [4.78, 5) is 10.3. The van der Waals surface area contributed by atoms with Crippen LogP contribution in [0.2, 0.25) is 0 Å². The number of carboxylic acid groups (broad SMARTS) is 1. The Labute approximate surface area is 53.9 Å². The van der Waals surface area contributed by atoms with Gasteiger partial charge in [0.2, 0.25) is 0 Å². The van der Waals surface area contributed by atoms with Crippen LogP contribution in [0.4, 0.5) is 0 Å². The average Bonchev–Trinajstić information content (AvgIpc) is 2.44. The van der Waals surface area contributed by atoms with Crippen molar-refractivity contribution in [1.82, 2.24) is 0 Å². The Bertz CT molecular complexity index is 146. The van der Waals surface area contributed by atoms with E-state index in [0.717, 1.165) is 6.42 Å². The summed E-state index contributed by atoms with van der Waals surface area (Å²) in [6, 6.07) is 0. The maximum Gasteiger partial charge on any atom is 0.323 e. The molecular weight excluding hydrogens is 118 g/mol. The van der Waals surface area contributed by atoms with Crippen LogP contribution < -0.4 is 5.73 Å². The fourth-order valence-electron chi connectivity index (χ4n) is 1.12. The van der Waals surface area contributed by atoms with Gasteiger partial charge in [-0.2, -0.15) is 0 Å². The third-order valence-electron chi connectivity index (χ3n) is 2.04. The maximum atomic E-state index is 10.3. The Kier molecular flexibility index (Phi) is 1.24.